The van der Waals surface area contributed by atoms with E-state index in [1.54, 1.807) is 38.1 Å². The maximum Gasteiger partial charge on any atom is 0.253 e. The fourth-order valence-electron chi connectivity index (χ4n) is 3.99. The van der Waals surface area contributed by atoms with Crippen molar-refractivity contribution in [1.82, 2.24) is 4.31 Å². The average molecular weight is 470 g/mol. The third-order valence-corrected chi connectivity index (χ3v) is 9.14. The number of carbonyl (C=O) groups excluding carboxylic acids is 2. The minimum atomic E-state index is -3.82. The standard InChI is InChI=1S/C24H23NO5S2/c1-15(2)22(20(27)14-26)25-13-19-12-21(31-24(19)32(25,29)30)16-8-10-18(11-9-16)23(28)17-6-4-3-5-7-17/h3-12,15,22,26H,13-14H2,1-2H3/t22-/m1/s1. The van der Waals surface area contributed by atoms with Gasteiger partial charge in [-0.25, -0.2) is 8.42 Å². The molecular weight excluding hydrogens is 446 g/mol. The molecule has 0 radical (unpaired) electrons. The monoisotopic (exact) mass is 469 g/mol. The van der Waals surface area contributed by atoms with Crippen LogP contribution in [-0.4, -0.2) is 42.0 Å². The highest BCUT2D eigenvalue weighted by Crippen LogP contribution is 2.43. The van der Waals surface area contributed by atoms with Gasteiger partial charge in [-0.15, -0.1) is 11.3 Å². The van der Waals surface area contributed by atoms with Gasteiger partial charge in [-0.05, 0) is 23.1 Å². The number of aliphatic hydroxyl groups is 1. The molecule has 0 aliphatic carbocycles. The summed E-state index contributed by atoms with van der Waals surface area (Å²) >= 11 is 1.16. The molecule has 32 heavy (non-hydrogen) atoms. The summed E-state index contributed by atoms with van der Waals surface area (Å²) in [7, 11) is -3.82. The molecule has 8 heteroatoms. The van der Waals surface area contributed by atoms with E-state index in [4.69, 9.17) is 0 Å². The maximum atomic E-state index is 13.2. The van der Waals surface area contributed by atoms with Crippen LogP contribution in [0, 0.1) is 5.92 Å². The minimum absolute atomic E-state index is 0.0719. The number of benzene rings is 2. The smallest absolute Gasteiger partial charge is 0.253 e. The van der Waals surface area contributed by atoms with E-state index in [0.29, 0.717) is 16.7 Å². The molecular formula is C24H23NO5S2. The molecule has 1 aliphatic rings. The number of sulfonamides is 1. The molecule has 0 fully saturated rings. The van der Waals surface area contributed by atoms with E-state index >= 15 is 0 Å². The number of rotatable bonds is 7. The summed E-state index contributed by atoms with van der Waals surface area (Å²) in [6.45, 7) is 2.95. The fourth-order valence-corrected chi connectivity index (χ4v) is 7.51. The predicted molar refractivity (Wildman–Crippen MR) is 123 cm³/mol. The van der Waals surface area contributed by atoms with Gasteiger partial charge in [0, 0.05) is 22.5 Å². The molecule has 4 rings (SSSR count). The lowest BCUT2D eigenvalue weighted by Gasteiger charge is -2.27. The largest absolute Gasteiger partial charge is 0.389 e. The third kappa shape index (κ3) is 3.95. The second-order valence-corrected chi connectivity index (χ2v) is 11.2. The molecule has 6 nitrogen and oxygen atoms in total. The van der Waals surface area contributed by atoms with Crippen LogP contribution in [0.1, 0.15) is 35.3 Å². The number of aliphatic hydroxyl groups excluding tert-OH is 1. The first-order valence-corrected chi connectivity index (χ1v) is 12.5. The van der Waals surface area contributed by atoms with Gasteiger partial charge in [-0.1, -0.05) is 68.4 Å². The predicted octanol–water partition coefficient (Wildman–Crippen LogP) is 3.74. The molecule has 166 valence electrons. The molecule has 2 aromatic carbocycles. The van der Waals surface area contributed by atoms with Crippen LogP contribution in [0.4, 0.5) is 0 Å². The average Bonchev–Trinajstić information content (AvgIpc) is 3.32. The van der Waals surface area contributed by atoms with Crippen LogP contribution in [0.25, 0.3) is 10.4 Å². The van der Waals surface area contributed by atoms with Gasteiger partial charge in [0.25, 0.3) is 10.0 Å². The van der Waals surface area contributed by atoms with Crippen molar-refractivity contribution in [3.63, 3.8) is 0 Å². The Morgan fingerprint density at radius 3 is 2.22 bits per heavy atom. The van der Waals surface area contributed by atoms with E-state index in [1.807, 2.05) is 36.4 Å². The molecule has 0 amide bonds. The topological polar surface area (TPSA) is 91.8 Å². The van der Waals surface area contributed by atoms with E-state index in [0.717, 1.165) is 21.8 Å². The van der Waals surface area contributed by atoms with Crippen molar-refractivity contribution in [3.05, 3.63) is 77.4 Å². The normalized spacial score (nSPS) is 16.1. The first-order valence-electron chi connectivity index (χ1n) is 10.2. The number of thiophene rings is 1. The van der Waals surface area contributed by atoms with Gasteiger partial charge in [-0.3, -0.25) is 9.59 Å². The van der Waals surface area contributed by atoms with Crippen molar-refractivity contribution < 1.29 is 23.1 Å². The highest BCUT2D eigenvalue weighted by Gasteiger charge is 2.44. The molecule has 1 aromatic heterocycles. The molecule has 0 saturated carbocycles. The van der Waals surface area contributed by atoms with Crippen LogP contribution in [0.5, 0.6) is 0 Å². The second kappa shape index (κ2) is 8.71. The Morgan fingerprint density at radius 2 is 1.66 bits per heavy atom. The quantitative estimate of drug-likeness (QED) is 0.532. The van der Waals surface area contributed by atoms with Crippen molar-refractivity contribution in [2.75, 3.05) is 6.61 Å². The Kier molecular flexibility index (Phi) is 6.13. The van der Waals surface area contributed by atoms with Crippen molar-refractivity contribution in [1.29, 1.82) is 0 Å². The fraction of sp³-hybridized carbons (Fsp3) is 0.250. The minimum Gasteiger partial charge on any atom is -0.389 e. The lowest BCUT2D eigenvalue weighted by Crippen LogP contribution is -2.46. The molecule has 3 aromatic rings. The number of hydrogen-bond donors (Lipinski definition) is 1. The lowest BCUT2D eigenvalue weighted by molar-refractivity contribution is -0.126. The number of hydrogen-bond acceptors (Lipinski definition) is 6. The van der Waals surface area contributed by atoms with E-state index < -0.39 is 28.5 Å². The Morgan fingerprint density at radius 1 is 1.03 bits per heavy atom. The first-order chi connectivity index (χ1) is 15.2. The third-order valence-electron chi connectivity index (χ3n) is 5.53. The Balaban J connectivity index is 1.60. The Bertz CT molecular complexity index is 1260. The van der Waals surface area contributed by atoms with Crippen LogP contribution in [0.2, 0.25) is 0 Å². The van der Waals surface area contributed by atoms with Crippen LogP contribution in [-0.2, 0) is 21.4 Å². The van der Waals surface area contributed by atoms with Crippen molar-refractivity contribution in [3.8, 4) is 10.4 Å². The van der Waals surface area contributed by atoms with E-state index in [9.17, 15) is 23.1 Å². The Hall–Kier alpha value is -2.65. The molecule has 0 saturated heterocycles. The van der Waals surface area contributed by atoms with Crippen LogP contribution < -0.4 is 0 Å². The maximum absolute atomic E-state index is 13.2. The van der Waals surface area contributed by atoms with Crippen molar-refractivity contribution >= 4 is 32.9 Å². The highest BCUT2D eigenvalue weighted by atomic mass is 32.2. The van der Waals surface area contributed by atoms with Gasteiger partial charge in [0.2, 0.25) is 0 Å². The summed E-state index contributed by atoms with van der Waals surface area (Å²) < 4.78 is 27.7. The van der Waals surface area contributed by atoms with Crippen LogP contribution >= 0.6 is 11.3 Å². The van der Waals surface area contributed by atoms with Crippen molar-refractivity contribution in [2.45, 2.75) is 30.6 Å². The molecule has 2 heterocycles. The summed E-state index contributed by atoms with van der Waals surface area (Å²) in [4.78, 5) is 25.6. The van der Waals surface area contributed by atoms with E-state index in [-0.39, 0.29) is 22.5 Å². The summed E-state index contributed by atoms with van der Waals surface area (Å²) in [5.41, 5.74) is 2.64. The van der Waals surface area contributed by atoms with Crippen LogP contribution in [0.15, 0.2) is 64.9 Å². The van der Waals surface area contributed by atoms with Gasteiger partial charge in [0.1, 0.15) is 10.8 Å². The lowest BCUT2D eigenvalue weighted by atomic mass is 10.00. The molecule has 1 atom stereocenters. The van der Waals surface area contributed by atoms with Gasteiger partial charge >= 0.3 is 0 Å². The summed E-state index contributed by atoms with van der Waals surface area (Å²) in [6, 6.07) is 17.1. The van der Waals surface area contributed by atoms with Gasteiger partial charge < -0.3 is 5.11 Å². The zero-order valence-electron chi connectivity index (χ0n) is 17.7. The summed E-state index contributed by atoms with van der Waals surface area (Å²) in [5, 5.41) is 9.29. The molecule has 1 aliphatic heterocycles. The Labute approximate surface area is 191 Å². The SMILES string of the molecule is CC(C)[C@H](C(=O)CO)N1Cc2cc(-c3ccc(C(=O)c4ccccc4)cc3)sc2S1(=O)=O. The molecule has 0 spiro atoms. The zero-order chi connectivity index (χ0) is 23.0. The number of carbonyl (C=O) groups is 2. The highest BCUT2D eigenvalue weighted by molar-refractivity contribution is 7.91. The zero-order valence-corrected chi connectivity index (χ0v) is 19.3. The van der Waals surface area contributed by atoms with Crippen molar-refractivity contribution in [2.24, 2.45) is 5.92 Å². The van der Waals surface area contributed by atoms with Crippen LogP contribution in [0.3, 0.4) is 0 Å². The molecule has 0 bridgehead atoms. The number of nitrogens with zero attached hydrogens (tertiary/aromatic N) is 1. The second-order valence-electron chi connectivity index (χ2n) is 8.06. The molecule has 1 N–H and O–H groups in total. The summed E-state index contributed by atoms with van der Waals surface area (Å²) in [5.74, 6) is -0.831. The summed E-state index contributed by atoms with van der Waals surface area (Å²) in [6.07, 6.45) is 0. The van der Waals surface area contributed by atoms with Gasteiger partial charge in [-0.2, -0.15) is 4.31 Å². The van der Waals surface area contributed by atoms with E-state index in [1.165, 1.54) is 4.31 Å². The molecule has 0 unspecified atom stereocenters. The van der Waals surface area contributed by atoms with E-state index in [2.05, 4.69) is 0 Å². The first kappa shape index (κ1) is 22.5. The number of fused-ring (bicyclic) bond motifs is 1. The number of ketones is 2. The number of Topliss-reactive ketones (excluding diaryl/α,β-unsaturated/α-hetero) is 1. The van der Waals surface area contributed by atoms with Gasteiger partial charge in [0.05, 0.1) is 6.04 Å². The van der Waals surface area contributed by atoms with Gasteiger partial charge in [0.15, 0.2) is 11.6 Å².